The lowest BCUT2D eigenvalue weighted by atomic mass is 9.90. The van der Waals surface area contributed by atoms with E-state index in [4.69, 9.17) is 10.5 Å². The van der Waals surface area contributed by atoms with Crippen LogP contribution in [0.3, 0.4) is 0 Å². The van der Waals surface area contributed by atoms with Crippen LogP contribution in [-0.4, -0.2) is 28.0 Å². The first-order valence-corrected chi connectivity index (χ1v) is 7.52. The molecule has 0 radical (unpaired) electrons. The number of hydrogen-bond acceptors (Lipinski definition) is 3. The van der Waals surface area contributed by atoms with Gasteiger partial charge in [-0.05, 0) is 38.7 Å². The highest BCUT2D eigenvalue weighted by Crippen LogP contribution is 2.29. The van der Waals surface area contributed by atoms with Crippen molar-refractivity contribution in [3.63, 3.8) is 0 Å². The Hall–Kier alpha value is -0.870. The zero-order valence-electron chi connectivity index (χ0n) is 12.4. The Bertz CT molecular complexity index is 392. The highest BCUT2D eigenvalue weighted by atomic mass is 16.5. The Morgan fingerprint density at radius 3 is 2.79 bits per heavy atom. The maximum Gasteiger partial charge on any atom is 0.0809 e. The SMILES string of the molecule is CCC(CC)n1ccc(CC(N)C2(C)CCCO2)n1. The van der Waals surface area contributed by atoms with Gasteiger partial charge in [0.15, 0.2) is 0 Å². The Morgan fingerprint density at radius 1 is 1.47 bits per heavy atom. The maximum atomic E-state index is 6.32. The molecule has 108 valence electrons. The third kappa shape index (κ3) is 3.18. The minimum Gasteiger partial charge on any atom is -0.374 e. The van der Waals surface area contributed by atoms with E-state index in [1.807, 2.05) is 0 Å². The summed E-state index contributed by atoms with van der Waals surface area (Å²) in [6.45, 7) is 7.37. The van der Waals surface area contributed by atoms with Crippen molar-refractivity contribution in [3.8, 4) is 0 Å². The molecule has 0 spiro atoms. The Kier molecular flexibility index (Phi) is 4.63. The second-order valence-electron chi connectivity index (χ2n) is 5.83. The normalized spacial score (nSPS) is 25.1. The lowest BCUT2D eigenvalue weighted by Crippen LogP contribution is -2.46. The summed E-state index contributed by atoms with van der Waals surface area (Å²) in [6, 6.07) is 2.62. The molecule has 1 fully saturated rings. The molecule has 2 unspecified atom stereocenters. The first kappa shape index (κ1) is 14.5. The maximum absolute atomic E-state index is 6.32. The van der Waals surface area contributed by atoms with E-state index < -0.39 is 0 Å². The van der Waals surface area contributed by atoms with Crippen LogP contribution in [0.2, 0.25) is 0 Å². The van der Waals surface area contributed by atoms with Crippen LogP contribution in [0.5, 0.6) is 0 Å². The van der Waals surface area contributed by atoms with E-state index in [1.165, 1.54) is 0 Å². The Labute approximate surface area is 116 Å². The third-order valence-corrected chi connectivity index (χ3v) is 4.44. The van der Waals surface area contributed by atoms with Crippen molar-refractivity contribution in [2.75, 3.05) is 6.61 Å². The summed E-state index contributed by atoms with van der Waals surface area (Å²) in [5, 5.41) is 4.68. The van der Waals surface area contributed by atoms with Crippen molar-refractivity contribution in [3.05, 3.63) is 18.0 Å². The summed E-state index contributed by atoms with van der Waals surface area (Å²) in [5.41, 5.74) is 7.23. The molecule has 1 aliphatic rings. The largest absolute Gasteiger partial charge is 0.374 e. The third-order valence-electron chi connectivity index (χ3n) is 4.44. The molecule has 0 saturated carbocycles. The molecule has 2 rings (SSSR count). The Morgan fingerprint density at radius 2 is 2.21 bits per heavy atom. The first-order chi connectivity index (χ1) is 9.09. The fraction of sp³-hybridized carbons (Fsp3) is 0.800. The number of ether oxygens (including phenoxy) is 1. The van der Waals surface area contributed by atoms with Gasteiger partial charge in [0.05, 0.1) is 17.3 Å². The van der Waals surface area contributed by atoms with Gasteiger partial charge < -0.3 is 10.5 Å². The highest BCUT2D eigenvalue weighted by Gasteiger charge is 2.36. The molecule has 2 N–H and O–H groups in total. The van der Waals surface area contributed by atoms with E-state index in [0.717, 1.165) is 44.4 Å². The molecule has 1 aliphatic heterocycles. The number of nitrogens with two attached hydrogens (primary N) is 1. The molecule has 4 heteroatoms. The average molecular weight is 265 g/mol. The second-order valence-corrected chi connectivity index (χ2v) is 5.83. The van der Waals surface area contributed by atoms with Gasteiger partial charge in [-0.1, -0.05) is 13.8 Å². The molecule has 4 nitrogen and oxygen atoms in total. The fourth-order valence-corrected chi connectivity index (χ4v) is 2.89. The van der Waals surface area contributed by atoms with Gasteiger partial charge in [-0.25, -0.2) is 0 Å². The van der Waals surface area contributed by atoms with E-state index in [1.54, 1.807) is 0 Å². The molecular weight excluding hydrogens is 238 g/mol. The van der Waals surface area contributed by atoms with Crippen LogP contribution in [0.25, 0.3) is 0 Å². The lowest BCUT2D eigenvalue weighted by molar-refractivity contribution is -0.00116. The zero-order chi connectivity index (χ0) is 13.9. The van der Waals surface area contributed by atoms with Gasteiger partial charge in [-0.15, -0.1) is 0 Å². The second kappa shape index (κ2) is 6.06. The van der Waals surface area contributed by atoms with E-state index in [9.17, 15) is 0 Å². The van der Waals surface area contributed by atoms with Gasteiger partial charge >= 0.3 is 0 Å². The predicted octanol–water partition coefficient (Wildman–Crippen LogP) is 2.68. The van der Waals surface area contributed by atoms with Crippen LogP contribution < -0.4 is 5.73 Å². The smallest absolute Gasteiger partial charge is 0.0809 e. The molecule has 0 amide bonds. The van der Waals surface area contributed by atoms with Crippen LogP contribution in [0.4, 0.5) is 0 Å². The summed E-state index contributed by atoms with van der Waals surface area (Å²) in [7, 11) is 0. The van der Waals surface area contributed by atoms with Gasteiger partial charge in [0.25, 0.3) is 0 Å². The molecule has 2 atom stereocenters. The molecule has 2 heterocycles. The molecule has 1 aromatic heterocycles. The van der Waals surface area contributed by atoms with E-state index >= 15 is 0 Å². The van der Waals surface area contributed by atoms with Crippen LogP contribution in [0, 0.1) is 0 Å². The summed E-state index contributed by atoms with van der Waals surface area (Å²) >= 11 is 0. The molecular formula is C15H27N3O. The van der Waals surface area contributed by atoms with Gasteiger partial charge in [0.1, 0.15) is 0 Å². The molecule has 1 saturated heterocycles. The molecule has 0 aromatic carbocycles. The number of rotatable bonds is 6. The van der Waals surface area contributed by atoms with Crippen molar-refractivity contribution in [1.29, 1.82) is 0 Å². The monoisotopic (exact) mass is 265 g/mol. The quantitative estimate of drug-likeness (QED) is 0.860. The number of nitrogens with zero attached hydrogens (tertiary/aromatic N) is 2. The van der Waals surface area contributed by atoms with Crippen molar-refractivity contribution in [2.45, 2.75) is 70.6 Å². The van der Waals surface area contributed by atoms with Gasteiger partial charge in [0, 0.05) is 25.3 Å². The topological polar surface area (TPSA) is 53.1 Å². The number of hydrogen-bond donors (Lipinski definition) is 1. The van der Waals surface area contributed by atoms with Crippen LogP contribution >= 0.6 is 0 Å². The van der Waals surface area contributed by atoms with Crippen molar-refractivity contribution >= 4 is 0 Å². The zero-order valence-corrected chi connectivity index (χ0v) is 12.4. The molecule has 0 bridgehead atoms. The van der Waals surface area contributed by atoms with Crippen LogP contribution in [0.15, 0.2) is 12.3 Å². The average Bonchev–Trinajstić information content (AvgIpc) is 3.02. The van der Waals surface area contributed by atoms with Crippen LogP contribution in [0.1, 0.15) is 58.2 Å². The lowest BCUT2D eigenvalue weighted by Gasteiger charge is -2.29. The van der Waals surface area contributed by atoms with Crippen LogP contribution in [-0.2, 0) is 11.2 Å². The number of aromatic nitrogens is 2. The van der Waals surface area contributed by atoms with E-state index in [-0.39, 0.29) is 11.6 Å². The summed E-state index contributed by atoms with van der Waals surface area (Å²) in [4.78, 5) is 0. The summed E-state index contributed by atoms with van der Waals surface area (Å²) in [6.07, 6.45) is 7.28. The predicted molar refractivity (Wildman–Crippen MR) is 77.1 cm³/mol. The van der Waals surface area contributed by atoms with Crippen molar-refractivity contribution in [1.82, 2.24) is 9.78 Å². The summed E-state index contributed by atoms with van der Waals surface area (Å²) in [5.74, 6) is 0. The summed E-state index contributed by atoms with van der Waals surface area (Å²) < 4.78 is 7.89. The fourth-order valence-electron chi connectivity index (χ4n) is 2.89. The van der Waals surface area contributed by atoms with Gasteiger partial charge in [0.2, 0.25) is 0 Å². The van der Waals surface area contributed by atoms with Gasteiger partial charge in [-0.2, -0.15) is 5.10 Å². The minimum atomic E-state index is -0.168. The molecule has 1 aromatic rings. The van der Waals surface area contributed by atoms with Crippen molar-refractivity contribution in [2.24, 2.45) is 5.73 Å². The van der Waals surface area contributed by atoms with Crippen molar-refractivity contribution < 1.29 is 4.74 Å². The standard InChI is InChI=1S/C15H27N3O/c1-4-13(5-2)18-9-7-12(17-18)11-14(16)15(3)8-6-10-19-15/h7,9,13-14H,4-6,8,10-11,16H2,1-3H3. The molecule has 0 aliphatic carbocycles. The first-order valence-electron chi connectivity index (χ1n) is 7.52. The molecule has 19 heavy (non-hydrogen) atoms. The van der Waals surface area contributed by atoms with Gasteiger partial charge in [-0.3, -0.25) is 4.68 Å². The highest BCUT2D eigenvalue weighted by molar-refractivity contribution is 5.05. The minimum absolute atomic E-state index is 0.0278. The van der Waals surface area contributed by atoms with E-state index in [0.29, 0.717) is 6.04 Å². The van der Waals surface area contributed by atoms with E-state index in [2.05, 4.69) is 42.8 Å². The Balaban J connectivity index is 1.99.